The Morgan fingerprint density at radius 2 is 1.96 bits per heavy atom. The SMILES string of the molecule is CC1(C)OB(c2ccc(O[C@H]3CCNC[C@H]3F)c(C#N)c2)OC1(C)C. The zero-order valence-electron chi connectivity index (χ0n) is 15.1. The molecule has 0 spiro atoms. The summed E-state index contributed by atoms with van der Waals surface area (Å²) >= 11 is 0. The van der Waals surface area contributed by atoms with Crippen LogP contribution in [0.2, 0.25) is 0 Å². The molecule has 2 aliphatic rings. The van der Waals surface area contributed by atoms with E-state index in [1.807, 2.05) is 33.8 Å². The highest BCUT2D eigenvalue weighted by atomic mass is 19.1. The number of nitriles is 1. The number of nitrogens with zero attached hydrogens (tertiary/aromatic N) is 1. The largest absolute Gasteiger partial charge is 0.494 e. The molecule has 1 aromatic rings. The number of hydrogen-bond acceptors (Lipinski definition) is 5. The van der Waals surface area contributed by atoms with E-state index in [1.54, 1.807) is 12.1 Å². The van der Waals surface area contributed by atoms with Crippen LogP contribution in [0, 0.1) is 11.3 Å². The second-order valence-electron chi connectivity index (χ2n) is 7.62. The molecule has 2 aliphatic heterocycles. The number of halogens is 1. The fraction of sp³-hybridized carbons (Fsp3) is 0.611. The van der Waals surface area contributed by atoms with Crippen LogP contribution < -0.4 is 15.5 Å². The summed E-state index contributed by atoms with van der Waals surface area (Å²) < 4.78 is 31.8. The van der Waals surface area contributed by atoms with E-state index in [-0.39, 0.29) is 6.54 Å². The third-order valence-corrected chi connectivity index (χ3v) is 5.28. The normalized spacial score (nSPS) is 27.8. The smallest absolute Gasteiger partial charge is 0.486 e. The van der Waals surface area contributed by atoms with E-state index in [4.69, 9.17) is 14.0 Å². The lowest BCUT2D eigenvalue weighted by molar-refractivity contribution is 0.00578. The second-order valence-corrected chi connectivity index (χ2v) is 7.62. The van der Waals surface area contributed by atoms with Crippen LogP contribution in [0.25, 0.3) is 0 Å². The van der Waals surface area contributed by atoms with Gasteiger partial charge in [-0.1, -0.05) is 6.07 Å². The van der Waals surface area contributed by atoms with Gasteiger partial charge in [0.05, 0.1) is 16.8 Å². The van der Waals surface area contributed by atoms with E-state index < -0.39 is 30.6 Å². The molecule has 134 valence electrons. The van der Waals surface area contributed by atoms with Crippen molar-refractivity contribution in [3.8, 4) is 11.8 Å². The predicted molar refractivity (Wildman–Crippen MR) is 93.7 cm³/mol. The van der Waals surface area contributed by atoms with Crippen LogP contribution in [0.1, 0.15) is 39.7 Å². The summed E-state index contributed by atoms with van der Waals surface area (Å²) in [6.07, 6.45) is -1.04. The summed E-state index contributed by atoms with van der Waals surface area (Å²) in [4.78, 5) is 0. The van der Waals surface area contributed by atoms with Crippen LogP contribution in [0.4, 0.5) is 4.39 Å². The van der Waals surface area contributed by atoms with Crippen molar-refractivity contribution in [1.29, 1.82) is 5.26 Å². The fourth-order valence-electron chi connectivity index (χ4n) is 2.96. The first-order valence-electron chi connectivity index (χ1n) is 8.64. The van der Waals surface area contributed by atoms with Crippen molar-refractivity contribution < 1.29 is 18.4 Å². The molecule has 7 heteroatoms. The standard InChI is InChI=1S/C18H24BFN2O3/c1-17(2)18(3,4)25-19(24-17)13-5-6-15(12(9-13)10-21)23-16-7-8-22-11-14(16)20/h5-6,9,14,16,22H,7-8,11H2,1-4H3/t14-,16+/m1/s1. The molecule has 0 aliphatic carbocycles. The van der Waals surface area contributed by atoms with Crippen LogP contribution in [-0.4, -0.2) is 43.7 Å². The molecule has 25 heavy (non-hydrogen) atoms. The Balaban J connectivity index is 1.80. The van der Waals surface area contributed by atoms with Crippen LogP contribution in [-0.2, 0) is 9.31 Å². The number of rotatable bonds is 3. The van der Waals surface area contributed by atoms with Gasteiger partial charge in [-0.3, -0.25) is 0 Å². The first-order valence-corrected chi connectivity index (χ1v) is 8.64. The number of nitrogens with one attached hydrogen (secondary N) is 1. The number of piperidine rings is 1. The van der Waals surface area contributed by atoms with Crippen LogP contribution in [0.3, 0.4) is 0 Å². The van der Waals surface area contributed by atoms with E-state index in [0.29, 0.717) is 24.3 Å². The molecule has 0 saturated carbocycles. The molecule has 0 unspecified atom stereocenters. The van der Waals surface area contributed by atoms with Gasteiger partial charge in [-0.05, 0) is 58.3 Å². The van der Waals surface area contributed by atoms with Crippen molar-refractivity contribution in [3.05, 3.63) is 23.8 Å². The Labute approximate surface area is 148 Å². The molecule has 0 amide bonds. The summed E-state index contributed by atoms with van der Waals surface area (Å²) in [5.74, 6) is 0.400. The molecule has 2 heterocycles. The molecule has 0 bridgehead atoms. The van der Waals surface area contributed by atoms with Crippen molar-refractivity contribution >= 4 is 12.6 Å². The Kier molecular flexibility index (Phi) is 4.80. The minimum absolute atomic E-state index is 0.276. The lowest BCUT2D eigenvalue weighted by atomic mass is 9.78. The average molecular weight is 346 g/mol. The third-order valence-electron chi connectivity index (χ3n) is 5.28. The molecule has 0 radical (unpaired) electrons. The molecule has 1 aromatic carbocycles. The Morgan fingerprint density at radius 1 is 1.28 bits per heavy atom. The zero-order chi connectivity index (χ0) is 18.2. The fourth-order valence-corrected chi connectivity index (χ4v) is 2.96. The molecule has 0 aromatic heterocycles. The van der Waals surface area contributed by atoms with Gasteiger partial charge in [0.1, 0.15) is 24.1 Å². The van der Waals surface area contributed by atoms with Gasteiger partial charge in [-0.2, -0.15) is 5.26 Å². The lowest BCUT2D eigenvalue weighted by Crippen LogP contribution is -2.44. The van der Waals surface area contributed by atoms with Crippen LogP contribution in [0.15, 0.2) is 18.2 Å². The average Bonchev–Trinajstić information content (AvgIpc) is 2.78. The van der Waals surface area contributed by atoms with Crippen molar-refractivity contribution in [3.63, 3.8) is 0 Å². The van der Waals surface area contributed by atoms with Gasteiger partial charge >= 0.3 is 7.12 Å². The molecule has 2 saturated heterocycles. The number of hydrogen-bond donors (Lipinski definition) is 1. The first-order chi connectivity index (χ1) is 11.7. The molecule has 2 atom stereocenters. The zero-order valence-corrected chi connectivity index (χ0v) is 15.1. The summed E-state index contributed by atoms with van der Waals surface area (Å²) in [7, 11) is -0.543. The Bertz CT molecular complexity index is 673. The number of alkyl halides is 1. The summed E-state index contributed by atoms with van der Waals surface area (Å²) in [6, 6.07) is 7.35. The molecule has 5 nitrogen and oxygen atoms in total. The van der Waals surface area contributed by atoms with E-state index >= 15 is 0 Å². The highest BCUT2D eigenvalue weighted by molar-refractivity contribution is 6.62. The highest BCUT2D eigenvalue weighted by Crippen LogP contribution is 2.36. The van der Waals surface area contributed by atoms with Gasteiger partial charge in [0, 0.05) is 6.54 Å². The monoisotopic (exact) mass is 346 g/mol. The van der Waals surface area contributed by atoms with Gasteiger partial charge in [0.2, 0.25) is 0 Å². The van der Waals surface area contributed by atoms with E-state index in [9.17, 15) is 9.65 Å². The molecular weight excluding hydrogens is 322 g/mol. The second kappa shape index (κ2) is 6.60. The van der Waals surface area contributed by atoms with Crippen LogP contribution >= 0.6 is 0 Å². The maximum atomic E-state index is 14.0. The third kappa shape index (κ3) is 3.52. The van der Waals surface area contributed by atoms with Crippen molar-refractivity contribution in [1.82, 2.24) is 5.32 Å². The minimum atomic E-state index is -1.08. The quantitative estimate of drug-likeness (QED) is 0.848. The summed E-state index contributed by atoms with van der Waals surface area (Å²) in [5.41, 5.74) is 0.217. The van der Waals surface area contributed by atoms with E-state index in [0.717, 1.165) is 5.46 Å². The summed E-state index contributed by atoms with van der Waals surface area (Å²) in [5, 5.41) is 12.5. The van der Waals surface area contributed by atoms with Crippen LogP contribution in [0.5, 0.6) is 5.75 Å². The number of benzene rings is 1. The van der Waals surface area contributed by atoms with Crippen molar-refractivity contribution in [2.75, 3.05) is 13.1 Å². The van der Waals surface area contributed by atoms with E-state index in [1.165, 1.54) is 0 Å². The van der Waals surface area contributed by atoms with Gasteiger partial charge in [0.15, 0.2) is 0 Å². The molecular formula is C18H24BFN2O3. The Hall–Kier alpha value is -1.62. The minimum Gasteiger partial charge on any atom is -0.486 e. The molecule has 1 N–H and O–H groups in total. The Morgan fingerprint density at radius 3 is 2.56 bits per heavy atom. The molecule has 2 fully saturated rings. The predicted octanol–water partition coefficient (Wildman–Crippen LogP) is 1.94. The van der Waals surface area contributed by atoms with E-state index in [2.05, 4.69) is 11.4 Å². The van der Waals surface area contributed by atoms with Gasteiger partial charge in [-0.25, -0.2) is 4.39 Å². The van der Waals surface area contributed by atoms with Gasteiger partial charge < -0.3 is 19.4 Å². The van der Waals surface area contributed by atoms with Gasteiger partial charge in [-0.15, -0.1) is 0 Å². The lowest BCUT2D eigenvalue weighted by Gasteiger charge is -2.32. The first kappa shape index (κ1) is 18.2. The maximum Gasteiger partial charge on any atom is 0.494 e. The summed E-state index contributed by atoms with van der Waals surface area (Å²) in [6.45, 7) is 8.91. The van der Waals surface area contributed by atoms with Crippen molar-refractivity contribution in [2.24, 2.45) is 0 Å². The van der Waals surface area contributed by atoms with Crippen molar-refractivity contribution in [2.45, 2.75) is 57.6 Å². The molecule has 3 rings (SSSR count). The topological polar surface area (TPSA) is 63.5 Å². The van der Waals surface area contributed by atoms with Gasteiger partial charge in [0.25, 0.3) is 0 Å². The highest BCUT2D eigenvalue weighted by Gasteiger charge is 2.51. The maximum absolute atomic E-state index is 14.0. The number of ether oxygens (including phenoxy) is 1.